The first-order valence-electron chi connectivity index (χ1n) is 9.33. The molecule has 1 atom stereocenters. The van der Waals surface area contributed by atoms with E-state index in [0.29, 0.717) is 18.1 Å². The minimum atomic E-state index is -0.624. The summed E-state index contributed by atoms with van der Waals surface area (Å²) in [6.07, 6.45) is 2.91. The third kappa shape index (κ3) is 9.57. The minimum absolute atomic E-state index is 0.0418. The van der Waals surface area contributed by atoms with Crippen LogP contribution in [0, 0.1) is 5.82 Å². The number of aliphatic imine (C=N–C) groups is 2. The molecule has 0 radical (unpaired) electrons. The van der Waals surface area contributed by atoms with E-state index in [0.717, 1.165) is 0 Å². The normalized spacial score (nSPS) is 16.1. The summed E-state index contributed by atoms with van der Waals surface area (Å²) in [5.74, 6) is -0.308. The molecule has 0 aromatic heterocycles. The number of halogens is 2. The van der Waals surface area contributed by atoms with Crippen molar-refractivity contribution in [3.8, 4) is 0 Å². The Morgan fingerprint density at radius 3 is 2.58 bits per heavy atom. The summed E-state index contributed by atoms with van der Waals surface area (Å²) < 4.78 is 34.5. The second-order valence-corrected chi connectivity index (χ2v) is 6.23. The van der Waals surface area contributed by atoms with Crippen LogP contribution in [0.4, 0.5) is 14.5 Å². The van der Waals surface area contributed by atoms with E-state index in [-0.39, 0.29) is 35.0 Å². The number of ether oxygens (including phenoxy) is 2. The molecule has 0 saturated heterocycles. The van der Waals surface area contributed by atoms with Crippen molar-refractivity contribution in [2.75, 3.05) is 18.6 Å². The Hall–Kier alpha value is -3.69. The predicted octanol–water partition coefficient (Wildman–Crippen LogP) is 3.15. The third-order valence-corrected chi connectivity index (χ3v) is 3.48. The van der Waals surface area contributed by atoms with Crippen molar-refractivity contribution in [2.45, 2.75) is 26.8 Å². The number of nitrogens with zero attached hydrogens (tertiary/aromatic N) is 2. The molecule has 0 saturated carbocycles. The lowest BCUT2D eigenvalue weighted by atomic mass is 10.3. The van der Waals surface area contributed by atoms with Crippen LogP contribution in [-0.4, -0.2) is 37.5 Å². The van der Waals surface area contributed by atoms with E-state index in [2.05, 4.69) is 21.9 Å². The van der Waals surface area contributed by atoms with Gasteiger partial charge in [0.2, 0.25) is 0 Å². The van der Waals surface area contributed by atoms with Crippen LogP contribution < -0.4 is 16.8 Å². The summed E-state index contributed by atoms with van der Waals surface area (Å²) in [7, 11) is 0. The van der Waals surface area contributed by atoms with Gasteiger partial charge in [-0.15, -0.1) is 0 Å². The summed E-state index contributed by atoms with van der Waals surface area (Å²) in [4.78, 5) is 19.9. The zero-order valence-corrected chi connectivity index (χ0v) is 17.7. The summed E-state index contributed by atoms with van der Waals surface area (Å²) in [5.41, 5.74) is 11.6. The molecule has 10 heteroatoms. The smallest absolute Gasteiger partial charge is 0.287 e. The van der Waals surface area contributed by atoms with Crippen LogP contribution in [0.5, 0.6) is 0 Å². The van der Waals surface area contributed by atoms with Gasteiger partial charge in [0.15, 0.2) is 0 Å². The van der Waals surface area contributed by atoms with Crippen molar-refractivity contribution in [1.29, 1.82) is 0 Å². The largest absolute Gasteiger partial charge is 0.493 e. The van der Waals surface area contributed by atoms with Crippen LogP contribution in [0.2, 0.25) is 0 Å². The highest BCUT2D eigenvalue weighted by atomic mass is 19.1. The highest BCUT2D eigenvalue weighted by molar-refractivity contribution is 6.05. The first-order valence-corrected chi connectivity index (χ1v) is 9.33. The molecule has 1 aliphatic rings. The van der Waals surface area contributed by atoms with Crippen LogP contribution in [-0.2, 0) is 14.3 Å². The maximum Gasteiger partial charge on any atom is 0.287 e. The number of nitrogens with two attached hydrogens (primary N) is 2. The molecule has 1 heterocycles. The average Bonchev–Trinajstić information content (AvgIpc) is 2.69. The van der Waals surface area contributed by atoms with Crippen molar-refractivity contribution < 1.29 is 23.0 Å². The van der Waals surface area contributed by atoms with Gasteiger partial charge in [0.1, 0.15) is 29.7 Å². The Morgan fingerprint density at radius 1 is 1.42 bits per heavy atom. The predicted molar refractivity (Wildman–Crippen MR) is 117 cm³/mol. The molecule has 1 aromatic carbocycles. The molecule has 1 aliphatic heterocycles. The summed E-state index contributed by atoms with van der Waals surface area (Å²) in [5, 5.41) is 2.58. The molecule has 168 valence electrons. The van der Waals surface area contributed by atoms with E-state index in [1.165, 1.54) is 30.5 Å². The zero-order valence-electron chi connectivity index (χ0n) is 17.7. The lowest BCUT2D eigenvalue weighted by molar-refractivity contribution is -0.112. The molecule has 1 amide bonds. The van der Waals surface area contributed by atoms with Crippen molar-refractivity contribution in [1.82, 2.24) is 0 Å². The molecular formula is C21H27F2N5O3. The number of allylic oxidation sites excluding steroid dienone is 3. The number of carbonyl (C=O) groups excluding carboxylic acids is 1. The van der Waals surface area contributed by atoms with Crippen LogP contribution in [0.1, 0.15) is 20.8 Å². The summed E-state index contributed by atoms with van der Waals surface area (Å²) in [6.45, 7) is 8.62. The fourth-order valence-corrected chi connectivity index (χ4v) is 2.20. The number of alkyl halides is 1. The number of rotatable bonds is 7. The monoisotopic (exact) mass is 435 g/mol. The van der Waals surface area contributed by atoms with Gasteiger partial charge in [-0.2, -0.15) is 0 Å². The van der Waals surface area contributed by atoms with E-state index >= 15 is 0 Å². The van der Waals surface area contributed by atoms with E-state index < -0.39 is 12.6 Å². The number of anilines is 1. The number of hydrogen-bond acceptors (Lipinski definition) is 7. The topological polar surface area (TPSA) is 124 Å². The van der Waals surface area contributed by atoms with Gasteiger partial charge in [0, 0.05) is 11.4 Å². The molecule has 0 bridgehead atoms. The molecule has 31 heavy (non-hydrogen) atoms. The number of hydrogen-bond donors (Lipinski definition) is 3. The van der Waals surface area contributed by atoms with E-state index in [4.69, 9.17) is 20.9 Å². The number of benzene rings is 1. The second-order valence-electron chi connectivity index (χ2n) is 6.23. The van der Waals surface area contributed by atoms with Gasteiger partial charge < -0.3 is 26.3 Å². The second kappa shape index (κ2) is 12.8. The van der Waals surface area contributed by atoms with Gasteiger partial charge >= 0.3 is 0 Å². The highest BCUT2D eigenvalue weighted by Gasteiger charge is 2.11. The highest BCUT2D eigenvalue weighted by Crippen LogP contribution is 2.12. The first-order chi connectivity index (χ1) is 14.7. The van der Waals surface area contributed by atoms with E-state index in [9.17, 15) is 13.6 Å². The van der Waals surface area contributed by atoms with Crippen LogP contribution in [0.25, 0.3) is 0 Å². The summed E-state index contributed by atoms with van der Waals surface area (Å²) >= 11 is 0. The number of amidine groups is 1. The maximum absolute atomic E-state index is 12.8. The third-order valence-electron chi connectivity index (χ3n) is 3.48. The summed E-state index contributed by atoms with van der Waals surface area (Å²) in [6, 6.07) is 5.35. The average molecular weight is 435 g/mol. The standard InChI is InChI=1S/C15H18FN3O2.C6H9FN2O/c1-4-21-10(2)9-18-14(11(3)17)15(20)19-13-7-5-12(16)6-8-13;1-4-2-5(3-7)10-6(8)9-4/h5-9H,2,4,17H2,1,3H3,(H,19,20);2,4H,3H2,1H3,(H2,8,9)/b14-11+,18-9?;/t;4-/m.0/s1. The molecule has 2 rings (SSSR count). The zero-order chi connectivity index (χ0) is 23.4. The van der Waals surface area contributed by atoms with Crippen molar-refractivity contribution in [3.63, 3.8) is 0 Å². The Balaban J connectivity index is 0.000000399. The minimum Gasteiger partial charge on any atom is -0.493 e. The van der Waals surface area contributed by atoms with Gasteiger partial charge in [-0.25, -0.2) is 18.8 Å². The van der Waals surface area contributed by atoms with Crippen molar-refractivity contribution >= 4 is 23.8 Å². The van der Waals surface area contributed by atoms with Crippen LogP contribution in [0.3, 0.4) is 0 Å². The Labute approximate surface area is 180 Å². The number of amides is 1. The van der Waals surface area contributed by atoms with E-state index in [1.54, 1.807) is 13.0 Å². The SMILES string of the molecule is C=C(C=N/C(C(=O)Nc1ccc(F)cc1)=C(\C)N)OCC.C[C@H]1C=C(CF)OC(N)=N1. The fraction of sp³-hybridized carbons (Fsp3) is 0.286. The quantitative estimate of drug-likeness (QED) is 0.345. The molecular weight excluding hydrogens is 408 g/mol. The molecule has 5 N–H and O–H groups in total. The molecule has 0 aliphatic carbocycles. The Morgan fingerprint density at radius 2 is 2.06 bits per heavy atom. The Kier molecular flexibility index (Phi) is 10.5. The molecule has 0 spiro atoms. The fourth-order valence-electron chi connectivity index (χ4n) is 2.20. The molecule has 8 nitrogen and oxygen atoms in total. The number of nitrogens with one attached hydrogen (secondary N) is 1. The van der Waals surface area contributed by atoms with Crippen LogP contribution >= 0.6 is 0 Å². The lowest BCUT2D eigenvalue weighted by Gasteiger charge is -2.13. The van der Waals surface area contributed by atoms with Gasteiger partial charge in [0.25, 0.3) is 11.9 Å². The van der Waals surface area contributed by atoms with Gasteiger partial charge in [-0.1, -0.05) is 6.58 Å². The Bertz CT molecular complexity index is 889. The van der Waals surface area contributed by atoms with Gasteiger partial charge in [-0.3, -0.25) is 4.79 Å². The van der Waals surface area contributed by atoms with Crippen molar-refractivity contribution in [3.05, 3.63) is 65.7 Å². The van der Waals surface area contributed by atoms with Crippen LogP contribution in [0.15, 0.2) is 69.8 Å². The molecule has 0 fully saturated rings. The van der Waals surface area contributed by atoms with Crippen molar-refractivity contribution in [2.24, 2.45) is 21.5 Å². The van der Waals surface area contributed by atoms with Gasteiger partial charge in [0.05, 0.1) is 18.9 Å². The molecule has 1 aromatic rings. The maximum atomic E-state index is 12.8. The lowest BCUT2D eigenvalue weighted by Crippen LogP contribution is -2.23. The first kappa shape index (κ1) is 25.3. The molecule has 0 unspecified atom stereocenters. The number of carbonyl (C=O) groups is 1. The van der Waals surface area contributed by atoms with E-state index in [1.807, 2.05) is 13.8 Å². The van der Waals surface area contributed by atoms with Gasteiger partial charge in [-0.05, 0) is 51.1 Å².